The molecule has 1 N–H and O–H groups in total. The number of hydrogen-bond acceptors (Lipinski definition) is 7. The lowest BCUT2D eigenvalue weighted by Crippen LogP contribution is -2.38. The summed E-state index contributed by atoms with van der Waals surface area (Å²) in [6.07, 6.45) is 3.97. The summed E-state index contributed by atoms with van der Waals surface area (Å²) in [5, 5.41) is 11.2. The molecular formula is C25H29N3O5. The number of aliphatic hydroxyl groups is 1. The van der Waals surface area contributed by atoms with Gasteiger partial charge in [0.1, 0.15) is 11.5 Å². The number of methoxy groups -OCH3 is 1. The molecule has 4 rings (SSSR count). The maximum Gasteiger partial charge on any atom is 0.295 e. The number of hydrogen-bond donors (Lipinski definition) is 1. The Balaban J connectivity index is 1.67. The van der Waals surface area contributed by atoms with Crippen molar-refractivity contribution in [1.82, 2.24) is 14.8 Å². The third-order valence-electron chi connectivity index (χ3n) is 6.23. The van der Waals surface area contributed by atoms with E-state index >= 15 is 0 Å². The Morgan fingerprint density at radius 3 is 2.55 bits per heavy atom. The Labute approximate surface area is 193 Å². The Kier molecular flexibility index (Phi) is 7.05. The lowest BCUT2D eigenvalue weighted by molar-refractivity contribution is -0.140. The summed E-state index contributed by atoms with van der Waals surface area (Å²) in [7, 11) is 1.57. The van der Waals surface area contributed by atoms with Crippen LogP contribution in [0.3, 0.4) is 0 Å². The molecule has 3 heterocycles. The van der Waals surface area contributed by atoms with E-state index in [0.717, 1.165) is 37.2 Å². The standard InChI is InChI=1S/C25H29N3O5/c1-17-16-19(32-2)4-5-20(17)23(29)21-22(18-6-8-26-9-7-18)28(25(31)24(21)30)11-3-10-27-12-14-33-15-13-27/h4-9,16,22,29H,3,10-15H2,1-2H3/b23-21+/t22-/m0/s1. The van der Waals surface area contributed by atoms with Crippen molar-refractivity contribution in [2.45, 2.75) is 19.4 Å². The van der Waals surface area contributed by atoms with Crippen LogP contribution in [-0.2, 0) is 14.3 Å². The normalized spacial score (nSPS) is 20.9. The van der Waals surface area contributed by atoms with Crippen LogP contribution in [0.4, 0.5) is 0 Å². The highest BCUT2D eigenvalue weighted by Crippen LogP contribution is 2.40. The highest BCUT2D eigenvalue weighted by Gasteiger charge is 2.45. The van der Waals surface area contributed by atoms with Crippen molar-refractivity contribution in [1.29, 1.82) is 0 Å². The third kappa shape index (κ3) is 4.77. The van der Waals surface area contributed by atoms with Gasteiger partial charge in [0.2, 0.25) is 0 Å². The fraction of sp³-hybridized carbons (Fsp3) is 0.400. The number of morpholine rings is 1. The van der Waals surface area contributed by atoms with Gasteiger partial charge in [-0.05, 0) is 54.8 Å². The Bertz CT molecular complexity index is 1050. The first kappa shape index (κ1) is 22.9. The average Bonchev–Trinajstić information content (AvgIpc) is 3.10. The Morgan fingerprint density at radius 2 is 1.88 bits per heavy atom. The molecule has 33 heavy (non-hydrogen) atoms. The van der Waals surface area contributed by atoms with Gasteiger partial charge in [-0.25, -0.2) is 0 Å². The quantitative estimate of drug-likeness (QED) is 0.393. The number of amides is 1. The van der Waals surface area contributed by atoms with Gasteiger partial charge in [0, 0.05) is 44.1 Å². The minimum absolute atomic E-state index is 0.103. The van der Waals surface area contributed by atoms with Crippen LogP contribution in [0.25, 0.3) is 5.76 Å². The first-order valence-electron chi connectivity index (χ1n) is 11.1. The highest BCUT2D eigenvalue weighted by molar-refractivity contribution is 6.46. The second-order valence-electron chi connectivity index (χ2n) is 8.26. The molecule has 1 aromatic carbocycles. The number of aryl methyl sites for hydroxylation is 1. The SMILES string of the molecule is COc1ccc(/C(O)=C2\C(=O)C(=O)N(CCCN3CCOCC3)[C@H]2c2ccncc2)c(C)c1. The molecule has 0 bridgehead atoms. The molecule has 0 radical (unpaired) electrons. The number of carbonyl (C=O) groups excluding carboxylic acids is 2. The zero-order valence-electron chi connectivity index (χ0n) is 19.0. The van der Waals surface area contributed by atoms with Crippen molar-refractivity contribution >= 4 is 17.4 Å². The molecule has 1 amide bonds. The molecule has 2 saturated heterocycles. The van der Waals surface area contributed by atoms with E-state index in [1.807, 2.05) is 6.92 Å². The first-order chi connectivity index (χ1) is 16.0. The smallest absolute Gasteiger partial charge is 0.295 e. The summed E-state index contributed by atoms with van der Waals surface area (Å²) in [6, 6.07) is 8.11. The maximum atomic E-state index is 13.1. The molecular weight excluding hydrogens is 422 g/mol. The van der Waals surface area contributed by atoms with Crippen molar-refractivity contribution in [3.8, 4) is 5.75 Å². The fourth-order valence-corrected chi connectivity index (χ4v) is 4.47. The van der Waals surface area contributed by atoms with Crippen LogP contribution in [0, 0.1) is 6.92 Å². The average molecular weight is 452 g/mol. The van der Waals surface area contributed by atoms with E-state index in [2.05, 4.69) is 9.88 Å². The number of Topliss-reactive ketones (excluding diaryl/α,β-unsaturated/α-hetero) is 1. The summed E-state index contributed by atoms with van der Waals surface area (Å²) in [5.74, 6) is -0.785. The monoisotopic (exact) mass is 451 g/mol. The van der Waals surface area contributed by atoms with Gasteiger partial charge in [-0.3, -0.25) is 19.5 Å². The van der Waals surface area contributed by atoms with E-state index < -0.39 is 17.7 Å². The second kappa shape index (κ2) is 10.1. The van der Waals surface area contributed by atoms with Gasteiger partial charge in [-0.2, -0.15) is 0 Å². The number of aliphatic hydroxyl groups excluding tert-OH is 1. The van der Waals surface area contributed by atoms with Crippen molar-refractivity contribution in [2.24, 2.45) is 0 Å². The van der Waals surface area contributed by atoms with Crippen molar-refractivity contribution < 1.29 is 24.2 Å². The number of likely N-dealkylation sites (tertiary alicyclic amines) is 1. The van der Waals surface area contributed by atoms with Crippen LogP contribution >= 0.6 is 0 Å². The van der Waals surface area contributed by atoms with Crippen molar-refractivity contribution in [3.63, 3.8) is 0 Å². The number of aromatic nitrogens is 1. The molecule has 0 unspecified atom stereocenters. The Hall–Kier alpha value is -3.23. The molecule has 2 aliphatic rings. The van der Waals surface area contributed by atoms with Gasteiger partial charge in [-0.1, -0.05) is 0 Å². The molecule has 1 aromatic heterocycles. The maximum absolute atomic E-state index is 13.1. The number of nitrogens with zero attached hydrogens (tertiary/aromatic N) is 3. The molecule has 2 aliphatic heterocycles. The molecule has 0 saturated carbocycles. The van der Waals surface area contributed by atoms with Gasteiger partial charge in [0.05, 0.1) is 31.9 Å². The van der Waals surface area contributed by atoms with Gasteiger partial charge in [-0.15, -0.1) is 0 Å². The minimum atomic E-state index is -0.670. The van der Waals surface area contributed by atoms with Gasteiger partial charge >= 0.3 is 0 Å². The summed E-state index contributed by atoms with van der Waals surface area (Å²) >= 11 is 0. The second-order valence-corrected chi connectivity index (χ2v) is 8.26. The molecule has 1 atom stereocenters. The van der Waals surface area contributed by atoms with Crippen LogP contribution in [0.5, 0.6) is 5.75 Å². The third-order valence-corrected chi connectivity index (χ3v) is 6.23. The van der Waals surface area contributed by atoms with Gasteiger partial charge in [0.25, 0.3) is 11.7 Å². The number of rotatable bonds is 7. The van der Waals surface area contributed by atoms with Crippen LogP contribution in [-0.4, -0.2) is 78.1 Å². The molecule has 2 aromatic rings. The lowest BCUT2D eigenvalue weighted by atomic mass is 9.94. The van der Waals surface area contributed by atoms with Gasteiger partial charge < -0.3 is 19.5 Å². The van der Waals surface area contributed by atoms with E-state index in [0.29, 0.717) is 31.1 Å². The molecule has 8 nitrogen and oxygen atoms in total. The summed E-state index contributed by atoms with van der Waals surface area (Å²) < 4.78 is 10.6. The summed E-state index contributed by atoms with van der Waals surface area (Å²) in [4.78, 5) is 34.1. The fourth-order valence-electron chi connectivity index (χ4n) is 4.47. The van der Waals surface area contributed by atoms with E-state index in [-0.39, 0.29) is 11.3 Å². The summed E-state index contributed by atoms with van der Waals surface area (Å²) in [6.45, 7) is 6.20. The molecule has 0 spiro atoms. The lowest BCUT2D eigenvalue weighted by Gasteiger charge is -2.29. The molecule has 0 aliphatic carbocycles. The molecule has 2 fully saturated rings. The topological polar surface area (TPSA) is 92.2 Å². The highest BCUT2D eigenvalue weighted by atomic mass is 16.5. The van der Waals surface area contributed by atoms with Gasteiger partial charge in [0.15, 0.2) is 0 Å². The predicted molar refractivity (Wildman–Crippen MR) is 123 cm³/mol. The molecule has 174 valence electrons. The summed E-state index contributed by atoms with van der Waals surface area (Å²) in [5.41, 5.74) is 2.09. The Morgan fingerprint density at radius 1 is 1.15 bits per heavy atom. The van der Waals surface area contributed by atoms with Crippen LogP contribution in [0.1, 0.15) is 29.2 Å². The van der Waals surface area contributed by atoms with E-state index in [4.69, 9.17) is 9.47 Å². The number of carbonyl (C=O) groups is 2. The predicted octanol–water partition coefficient (Wildman–Crippen LogP) is 2.54. The van der Waals surface area contributed by atoms with E-state index in [1.165, 1.54) is 0 Å². The molecule has 8 heteroatoms. The van der Waals surface area contributed by atoms with Crippen molar-refractivity contribution in [3.05, 3.63) is 65.0 Å². The van der Waals surface area contributed by atoms with Crippen LogP contribution in [0.15, 0.2) is 48.3 Å². The van der Waals surface area contributed by atoms with Crippen LogP contribution < -0.4 is 4.74 Å². The number of ether oxygens (including phenoxy) is 2. The van der Waals surface area contributed by atoms with E-state index in [9.17, 15) is 14.7 Å². The minimum Gasteiger partial charge on any atom is -0.507 e. The first-order valence-corrected chi connectivity index (χ1v) is 11.1. The number of pyridine rings is 1. The van der Waals surface area contributed by atoms with Crippen molar-refractivity contribution in [2.75, 3.05) is 46.5 Å². The number of ketones is 1. The van der Waals surface area contributed by atoms with E-state index in [1.54, 1.807) is 54.7 Å². The van der Waals surface area contributed by atoms with Crippen LogP contribution in [0.2, 0.25) is 0 Å². The largest absolute Gasteiger partial charge is 0.507 e. The zero-order chi connectivity index (χ0) is 23.4. The zero-order valence-corrected chi connectivity index (χ0v) is 19.0. The number of benzene rings is 1.